The van der Waals surface area contributed by atoms with Crippen molar-refractivity contribution in [2.45, 2.75) is 38.1 Å². The Morgan fingerprint density at radius 1 is 1.06 bits per heavy atom. The van der Waals surface area contributed by atoms with Crippen LogP contribution in [0.5, 0.6) is 0 Å². The predicted molar refractivity (Wildman–Crippen MR) is 70.7 cm³/mol. The Hall–Kier alpha value is -1.02. The highest BCUT2D eigenvalue weighted by Crippen LogP contribution is 2.39. The summed E-state index contributed by atoms with van der Waals surface area (Å²) in [5.74, 6) is 0. The van der Waals surface area contributed by atoms with E-state index in [2.05, 4.69) is 22.3 Å². The number of nitrogens with one attached hydrogen (secondary N) is 1. The van der Waals surface area contributed by atoms with Crippen LogP contribution in [0.25, 0.3) is 0 Å². The lowest BCUT2D eigenvalue weighted by Gasteiger charge is -2.28. The Balaban J connectivity index is 1.79. The quantitative estimate of drug-likeness (QED) is 0.794. The lowest BCUT2D eigenvalue weighted by molar-refractivity contribution is 0.644. The highest BCUT2D eigenvalue weighted by Gasteiger charge is 2.27. The van der Waals surface area contributed by atoms with Crippen LogP contribution in [-0.4, -0.2) is 19.6 Å². The van der Waals surface area contributed by atoms with Gasteiger partial charge in [0.25, 0.3) is 0 Å². The Morgan fingerprint density at radius 3 is 2.76 bits per heavy atom. The summed E-state index contributed by atoms with van der Waals surface area (Å²) in [5.41, 5.74) is 6.39. The molecule has 3 aliphatic rings. The molecule has 90 valence electrons. The molecule has 2 heteroatoms. The van der Waals surface area contributed by atoms with Crippen molar-refractivity contribution in [3.05, 3.63) is 28.8 Å². The third kappa shape index (κ3) is 1.50. The highest BCUT2D eigenvalue weighted by molar-refractivity contribution is 5.66. The number of aryl methyl sites for hydroxylation is 1. The zero-order valence-corrected chi connectivity index (χ0v) is 10.3. The first-order chi connectivity index (χ1) is 8.42. The van der Waals surface area contributed by atoms with Gasteiger partial charge < -0.3 is 10.2 Å². The van der Waals surface area contributed by atoms with Crippen molar-refractivity contribution in [3.8, 4) is 0 Å². The Bertz CT molecular complexity index is 446. The number of nitrogens with zero attached hydrogens (tertiary/aromatic N) is 1. The van der Waals surface area contributed by atoms with Crippen LogP contribution in [0, 0.1) is 0 Å². The van der Waals surface area contributed by atoms with Crippen molar-refractivity contribution in [3.63, 3.8) is 0 Å². The summed E-state index contributed by atoms with van der Waals surface area (Å²) in [7, 11) is 0. The van der Waals surface area contributed by atoms with E-state index in [1.165, 1.54) is 51.7 Å². The standard InChI is InChI=1S/C15H20N2/c1-4-14(16-6-1)13-9-11-3-2-7-17-8-5-12(10-13)15(11)17/h9-10,14,16H,1-8H2. The fourth-order valence-electron chi connectivity index (χ4n) is 3.80. The van der Waals surface area contributed by atoms with E-state index in [1.807, 2.05) is 0 Å². The van der Waals surface area contributed by atoms with Gasteiger partial charge in [-0.3, -0.25) is 0 Å². The maximum Gasteiger partial charge on any atom is 0.0432 e. The van der Waals surface area contributed by atoms with E-state index in [0.29, 0.717) is 6.04 Å². The number of benzene rings is 1. The SMILES string of the molecule is c1c(C2CCCN2)cc2c3c1CCCN3CC2. The normalized spacial score (nSPS) is 26.4. The van der Waals surface area contributed by atoms with Crippen LogP contribution < -0.4 is 10.2 Å². The van der Waals surface area contributed by atoms with Gasteiger partial charge in [-0.05, 0) is 55.3 Å². The molecule has 0 saturated carbocycles. The number of hydrogen-bond acceptors (Lipinski definition) is 2. The molecule has 3 heterocycles. The molecule has 17 heavy (non-hydrogen) atoms. The maximum absolute atomic E-state index is 3.63. The fourth-order valence-corrected chi connectivity index (χ4v) is 3.80. The smallest absolute Gasteiger partial charge is 0.0432 e. The molecule has 1 saturated heterocycles. The first-order valence-corrected chi connectivity index (χ1v) is 7.06. The Kier molecular flexibility index (Phi) is 2.19. The highest BCUT2D eigenvalue weighted by atomic mass is 15.2. The van der Waals surface area contributed by atoms with E-state index in [0.717, 1.165) is 0 Å². The molecule has 1 fully saturated rings. The molecule has 0 bridgehead atoms. The van der Waals surface area contributed by atoms with Crippen molar-refractivity contribution >= 4 is 5.69 Å². The Labute approximate surface area is 103 Å². The Morgan fingerprint density at radius 2 is 1.94 bits per heavy atom. The zero-order chi connectivity index (χ0) is 11.2. The van der Waals surface area contributed by atoms with Crippen LogP contribution in [0.4, 0.5) is 5.69 Å². The van der Waals surface area contributed by atoms with Gasteiger partial charge in [0.1, 0.15) is 0 Å². The summed E-state index contributed by atoms with van der Waals surface area (Å²) in [6, 6.07) is 5.60. The van der Waals surface area contributed by atoms with Crippen LogP contribution in [0.3, 0.4) is 0 Å². The first kappa shape index (κ1) is 9.95. The summed E-state index contributed by atoms with van der Waals surface area (Å²) >= 11 is 0. The lowest BCUT2D eigenvalue weighted by Crippen LogP contribution is -2.26. The molecule has 1 atom stereocenters. The topological polar surface area (TPSA) is 15.3 Å². The molecule has 1 unspecified atom stereocenters. The lowest BCUT2D eigenvalue weighted by atomic mass is 9.93. The minimum atomic E-state index is 0.632. The van der Waals surface area contributed by atoms with Gasteiger partial charge in [-0.15, -0.1) is 0 Å². The van der Waals surface area contributed by atoms with Crippen LogP contribution in [-0.2, 0) is 12.8 Å². The summed E-state index contributed by atoms with van der Waals surface area (Å²) in [5, 5.41) is 3.63. The van der Waals surface area contributed by atoms with Crippen LogP contribution in [0.1, 0.15) is 42.0 Å². The van der Waals surface area contributed by atoms with Gasteiger partial charge in [0.2, 0.25) is 0 Å². The van der Waals surface area contributed by atoms with E-state index in [9.17, 15) is 0 Å². The second kappa shape index (κ2) is 3.74. The van der Waals surface area contributed by atoms with Gasteiger partial charge in [-0.25, -0.2) is 0 Å². The number of rotatable bonds is 1. The van der Waals surface area contributed by atoms with Gasteiger partial charge in [0.05, 0.1) is 0 Å². The maximum atomic E-state index is 3.63. The summed E-state index contributed by atoms with van der Waals surface area (Å²) in [6.07, 6.45) is 6.56. The van der Waals surface area contributed by atoms with Crippen molar-refractivity contribution in [2.75, 3.05) is 24.5 Å². The molecule has 0 radical (unpaired) electrons. The molecule has 0 aromatic heterocycles. The second-order valence-electron chi connectivity index (χ2n) is 5.68. The van der Waals surface area contributed by atoms with Gasteiger partial charge in [0.15, 0.2) is 0 Å². The average molecular weight is 228 g/mol. The van der Waals surface area contributed by atoms with Crippen molar-refractivity contribution in [1.29, 1.82) is 0 Å². The fraction of sp³-hybridized carbons (Fsp3) is 0.600. The van der Waals surface area contributed by atoms with Crippen LogP contribution in [0.15, 0.2) is 12.1 Å². The molecule has 0 spiro atoms. The molecule has 1 aromatic rings. The molecular weight excluding hydrogens is 208 g/mol. The van der Waals surface area contributed by atoms with E-state index in [-0.39, 0.29) is 0 Å². The van der Waals surface area contributed by atoms with Gasteiger partial charge >= 0.3 is 0 Å². The van der Waals surface area contributed by atoms with Crippen molar-refractivity contribution in [2.24, 2.45) is 0 Å². The molecule has 0 aliphatic carbocycles. The second-order valence-corrected chi connectivity index (χ2v) is 5.68. The third-order valence-electron chi connectivity index (χ3n) is 4.59. The summed E-state index contributed by atoms with van der Waals surface area (Å²) < 4.78 is 0. The molecule has 1 aromatic carbocycles. The van der Waals surface area contributed by atoms with Crippen molar-refractivity contribution < 1.29 is 0 Å². The average Bonchev–Trinajstić information content (AvgIpc) is 2.99. The largest absolute Gasteiger partial charge is 0.371 e. The van der Waals surface area contributed by atoms with Gasteiger partial charge in [-0.1, -0.05) is 12.1 Å². The third-order valence-corrected chi connectivity index (χ3v) is 4.59. The van der Waals surface area contributed by atoms with Gasteiger partial charge in [-0.2, -0.15) is 0 Å². The molecule has 1 N–H and O–H groups in total. The van der Waals surface area contributed by atoms with E-state index in [4.69, 9.17) is 0 Å². The van der Waals surface area contributed by atoms with E-state index >= 15 is 0 Å². The number of anilines is 1. The summed E-state index contributed by atoms with van der Waals surface area (Å²) in [6.45, 7) is 3.73. The van der Waals surface area contributed by atoms with E-state index < -0.39 is 0 Å². The molecule has 4 rings (SSSR count). The molecule has 0 amide bonds. The van der Waals surface area contributed by atoms with Crippen molar-refractivity contribution in [1.82, 2.24) is 5.32 Å². The minimum absolute atomic E-state index is 0.632. The first-order valence-electron chi connectivity index (χ1n) is 7.06. The van der Waals surface area contributed by atoms with Gasteiger partial charge in [0, 0.05) is 24.8 Å². The zero-order valence-electron chi connectivity index (χ0n) is 10.3. The van der Waals surface area contributed by atoms with E-state index in [1.54, 1.807) is 22.4 Å². The number of hydrogen-bond donors (Lipinski definition) is 1. The predicted octanol–water partition coefficient (Wildman–Crippen LogP) is 2.42. The molecule has 3 aliphatic heterocycles. The molecular formula is C15H20N2. The monoisotopic (exact) mass is 228 g/mol. The summed E-state index contributed by atoms with van der Waals surface area (Å²) in [4.78, 5) is 2.60. The van der Waals surface area contributed by atoms with Crippen LogP contribution >= 0.6 is 0 Å². The minimum Gasteiger partial charge on any atom is -0.371 e. The van der Waals surface area contributed by atoms with Crippen LogP contribution in [0.2, 0.25) is 0 Å². The molecule has 2 nitrogen and oxygen atoms in total.